The lowest BCUT2D eigenvalue weighted by atomic mass is 9.97. The van der Waals surface area contributed by atoms with E-state index in [1.165, 1.54) is 4.90 Å². The molecule has 0 spiro atoms. The molecular formula is C15H19F5N2O3S. The Hall–Kier alpha value is -2.04. The van der Waals surface area contributed by atoms with Gasteiger partial charge in [0, 0.05) is 18.8 Å². The Kier molecular flexibility index (Phi) is 4.90. The van der Waals surface area contributed by atoms with Crippen molar-refractivity contribution in [1.82, 2.24) is 4.90 Å². The smallest absolute Gasteiger partial charge is 0.409 e. The van der Waals surface area contributed by atoms with Crippen molar-refractivity contribution in [2.75, 3.05) is 25.0 Å². The molecular weight excluding hydrogens is 383 g/mol. The Morgan fingerprint density at radius 1 is 1.19 bits per heavy atom. The molecule has 1 atom stereocenters. The van der Waals surface area contributed by atoms with Crippen molar-refractivity contribution in [1.29, 1.82) is 0 Å². The van der Waals surface area contributed by atoms with Crippen LogP contribution >= 0.6 is 10.2 Å². The van der Waals surface area contributed by atoms with E-state index in [0.29, 0.717) is 19.4 Å². The number of carbonyl (C=O) groups is 2. The SMILES string of the molecule is CCOC(=O)N1CCCC(C(=O)Nc2ccc(S(F)(F)(F)(F)F)cc2)C1. The van der Waals surface area contributed by atoms with Crippen LogP contribution < -0.4 is 5.32 Å². The third-order valence-electron chi connectivity index (χ3n) is 3.89. The summed E-state index contributed by atoms with van der Waals surface area (Å²) >= 11 is 0. The number of halogens is 5. The minimum atomic E-state index is -9.74. The second kappa shape index (κ2) is 6.29. The van der Waals surface area contributed by atoms with Gasteiger partial charge >= 0.3 is 16.3 Å². The van der Waals surface area contributed by atoms with Crippen molar-refractivity contribution in [2.45, 2.75) is 24.7 Å². The summed E-state index contributed by atoms with van der Waals surface area (Å²) in [6, 6.07) is 2.03. The van der Waals surface area contributed by atoms with Crippen molar-refractivity contribution >= 4 is 27.9 Å². The van der Waals surface area contributed by atoms with Gasteiger partial charge in [-0.2, -0.15) is 0 Å². The number of benzene rings is 1. The fraction of sp³-hybridized carbons (Fsp3) is 0.467. The van der Waals surface area contributed by atoms with Crippen LogP contribution in [0.2, 0.25) is 0 Å². The molecule has 148 valence electrons. The Morgan fingerprint density at radius 2 is 1.81 bits per heavy atom. The summed E-state index contributed by atoms with van der Waals surface area (Å²) in [4.78, 5) is 23.3. The Bertz CT molecular complexity index is 694. The number of nitrogens with zero attached hydrogens (tertiary/aromatic N) is 1. The van der Waals surface area contributed by atoms with Crippen molar-refractivity contribution in [3.05, 3.63) is 24.3 Å². The molecule has 2 rings (SSSR count). The van der Waals surface area contributed by atoms with Crippen LogP contribution in [0.25, 0.3) is 0 Å². The quantitative estimate of drug-likeness (QED) is 0.709. The number of rotatable bonds is 4. The maximum absolute atomic E-state index is 12.7. The zero-order valence-electron chi connectivity index (χ0n) is 13.9. The summed E-state index contributed by atoms with van der Waals surface area (Å²) in [5, 5.41) is 2.39. The van der Waals surface area contributed by atoms with Crippen LogP contribution in [-0.4, -0.2) is 36.6 Å². The number of carbonyl (C=O) groups excluding carboxylic acids is 2. The summed E-state index contributed by atoms with van der Waals surface area (Å²) < 4.78 is 68.3. The molecule has 1 N–H and O–H groups in total. The van der Waals surface area contributed by atoms with Gasteiger partial charge in [0.05, 0.1) is 12.5 Å². The van der Waals surface area contributed by atoms with Gasteiger partial charge in [-0.05, 0) is 44.0 Å². The first-order chi connectivity index (χ1) is 11.8. The third-order valence-corrected chi connectivity index (χ3v) is 5.05. The molecule has 1 saturated heterocycles. The van der Waals surface area contributed by atoms with E-state index < -0.39 is 33.0 Å². The Labute approximate surface area is 147 Å². The topological polar surface area (TPSA) is 58.6 Å². The first kappa shape index (κ1) is 20.3. The fourth-order valence-corrected chi connectivity index (χ4v) is 3.26. The highest BCUT2D eigenvalue weighted by Gasteiger charge is 2.65. The highest BCUT2D eigenvalue weighted by molar-refractivity contribution is 8.45. The summed E-state index contributed by atoms with van der Waals surface area (Å²) in [6.07, 6.45) is 0.524. The molecule has 1 aromatic carbocycles. The lowest BCUT2D eigenvalue weighted by molar-refractivity contribution is -0.121. The number of nitrogens with one attached hydrogen (secondary N) is 1. The van der Waals surface area contributed by atoms with Crippen LogP contribution in [0.1, 0.15) is 19.8 Å². The molecule has 1 aromatic rings. The van der Waals surface area contributed by atoms with E-state index >= 15 is 0 Å². The minimum Gasteiger partial charge on any atom is -0.450 e. The molecule has 1 heterocycles. The highest BCUT2D eigenvalue weighted by atomic mass is 32.5. The predicted molar refractivity (Wildman–Crippen MR) is 87.8 cm³/mol. The molecule has 0 bridgehead atoms. The van der Waals surface area contributed by atoms with Crippen molar-refractivity contribution < 1.29 is 33.8 Å². The molecule has 0 radical (unpaired) electrons. The molecule has 1 aliphatic heterocycles. The summed E-state index contributed by atoms with van der Waals surface area (Å²) in [6.45, 7) is 2.42. The van der Waals surface area contributed by atoms with Gasteiger partial charge in [-0.15, -0.1) is 0 Å². The highest BCUT2D eigenvalue weighted by Crippen LogP contribution is 3.02. The van der Waals surface area contributed by atoms with E-state index in [1.807, 2.05) is 0 Å². The van der Waals surface area contributed by atoms with E-state index in [1.54, 1.807) is 6.92 Å². The van der Waals surface area contributed by atoms with Crippen LogP contribution in [0, 0.1) is 5.92 Å². The molecule has 1 unspecified atom stereocenters. The fourth-order valence-electron chi connectivity index (χ4n) is 2.61. The summed E-state index contributed by atoms with van der Waals surface area (Å²) in [7, 11) is -9.74. The van der Waals surface area contributed by atoms with Crippen LogP contribution in [0.15, 0.2) is 29.2 Å². The van der Waals surface area contributed by atoms with Crippen molar-refractivity contribution in [3.8, 4) is 0 Å². The molecule has 26 heavy (non-hydrogen) atoms. The molecule has 5 nitrogen and oxygen atoms in total. The van der Waals surface area contributed by atoms with Gasteiger partial charge in [-0.1, -0.05) is 19.4 Å². The Morgan fingerprint density at radius 3 is 2.35 bits per heavy atom. The first-order valence-electron chi connectivity index (χ1n) is 7.87. The molecule has 2 amide bonds. The maximum atomic E-state index is 12.7. The second-order valence-corrected chi connectivity index (χ2v) is 8.38. The molecule has 0 aromatic heterocycles. The molecule has 0 saturated carbocycles. The zero-order chi connectivity index (χ0) is 19.7. The maximum Gasteiger partial charge on any atom is 0.409 e. The van der Waals surface area contributed by atoms with Crippen LogP contribution in [0.5, 0.6) is 0 Å². The minimum absolute atomic E-state index is 0.0335. The van der Waals surface area contributed by atoms with Gasteiger partial charge in [0.2, 0.25) is 5.91 Å². The van der Waals surface area contributed by atoms with Gasteiger partial charge in [0.15, 0.2) is 0 Å². The van der Waals surface area contributed by atoms with Crippen molar-refractivity contribution in [2.24, 2.45) is 5.92 Å². The van der Waals surface area contributed by atoms with E-state index in [2.05, 4.69) is 5.32 Å². The lowest BCUT2D eigenvalue weighted by Gasteiger charge is -2.40. The van der Waals surface area contributed by atoms with Gasteiger partial charge < -0.3 is 15.0 Å². The van der Waals surface area contributed by atoms with E-state index in [-0.39, 0.29) is 31.0 Å². The molecule has 1 aliphatic rings. The predicted octanol–water partition coefficient (Wildman–Crippen LogP) is 5.15. The number of piperidine rings is 1. The average molecular weight is 402 g/mol. The number of anilines is 1. The van der Waals surface area contributed by atoms with Crippen LogP contribution in [0.4, 0.5) is 29.9 Å². The van der Waals surface area contributed by atoms with E-state index in [9.17, 15) is 29.0 Å². The van der Waals surface area contributed by atoms with Gasteiger partial charge in [-0.25, -0.2) is 4.79 Å². The number of ether oxygens (including phenoxy) is 1. The van der Waals surface area contributed by atoms with Gasteiger partial charge in [-0.3, -0.25) is 4.79 Å². The number of hydrogen-bond acceptors (Lipinski definition) is 3. The second-order valence-electron chi connectivity index (χ2n) is 5.97. The summed E-state index contributed by atoms with van der Waals surface area (Å²) in [5.74, 6) is -1.07. The van der Waals surface area contributed by atoms with Gasteiger partial charge in [0.25, 0.3) is 0 Å². The number of amides is 2. The lowest BCUT2D eigenvalue weighted by Crippen LogP contribution is -2.44. The average Bonchev–Trinajstić information content (AvgIpc) is 2.53. The molecule has 0 aliphatic carbocycles. The van der Waals surface area contributed by atoms with E-state index in [0.717, 1.165) is 12.1 Å². The monoisotopic (exact) mass is 402 g/mol. The summed E-state index contributed by atoms with van der Waals surface area (Å²) in [5.41, 5.74) is -0.0335. The standard InChI is InChI=1S/C15H19F5N2O3S/c1-2-25-15(24)22-9-3-4-11(10-22)14(23)21-12-5-7-13(8-6-12)26(16,17,18,19)20/h5-8,11H,2-4,9-10H2,1H3,(H,21,23). The van der Waals surface area contributed by atoms with Crippen molar-refractivity contribution in [3.63, 3.8) is 0 Å². The van der Waals surface area contributed by atoms with Crippen LogP contribution in [0.3, 0.4) is 0 Å². The Balaban J connectivity index is 2.03. The number of hydrogen-bond donors (Lipinski definition) is 1. The zero-order valence-corrected chi connectivity index (χ0v) is 14.7. The van der Waals surface area contributed by atoms with Crippen LogP contribution in [-0.2, 0) is 9.53 Å². The van der Waals surface area contributed by atoms with E-state index in [4.69, 9.17) is 4.74 Å². The number of likely N-dealkylation sites (tertiary alicyclic amines) is 1. The first-order valence-corrected chi connectivity index (χ1v) is 9.82. The molecule has 1 fully saturated rings. The molecule has 11 heteroatoms. The largest absolute Gasteiger partial charge is 0.450 e. The normalized spacial score (nSPS) is 20.7. The third kappa shape index (κ3) is 5.23. The van der Waals surface area contributed by atoms with Gasteiger partial charge in [0.1, 0.15) is 4.90 Å².